The van der Waals surface area contributed by atoms with E-state index in [9.17, 15) is 30.0 Å². The van der Waals surface area contributed by atoms with E-state index in [1.807, 2.05) is 0 Å². The zero-order valence-corrected chi connectivity index (χ0v) is 20.8. The molecule has 0 radical (unpaired) electrons. The Balaban J connectivity index is 1.70. The molecule has 0 unspecified atom stereocenters. The van der Waals surface area contributed by atoms with Gasteiger partial charge >= 0.3 is 6.18 Å². The molecule has 0 spiro atoms. The van der Waals surface area contributed by atoms with Crippen LogP contribution in [-0.4, -0.2) is 26.4 Å². The van der Waals surface area contributed by atoms with E-state index in [2.05, 4.69) is 4.98 Å². The standard InChI is InChI=1S/C22H14Cl2F3NO6S2/c23-17-7-12(11-35(29,30)31)8-18(24)21(17)34-14-3-6-19-16(9-14)20(10-28-19)36(32,33)15-4-1-13(2-5-15)22(25,26)27/h1-10,28H,11H2,(H,29,30,31). The molecule has 190 valence electrons. The summed E-state index contributed by atoms with van der Waals surface area (Å²) < 4.78 is 102. The normalized spacial score (nSPS) is 12.7. The van der Waals surface area contributed by atoms with Gasteiger partial charge in [-0.3, -0.25) is 4.55 Å². The van der Waals surface area contributed by atoms with Crippen LogP contribution in [0.2, 0.25) is 10.0 Å². The maximum absolute atomic E-state index is 13.1. The highest BCUT2D eigenvalue weighted by Gasteiger charge is 2.31. The SMILES string of the molecule is O=S(=O)(O)Cc1cc(Cl)c(Oc2ccc3[nH]cc(S(=O)(=O)c4ccc(C(F)(F)F)cc4)c3c2)c(Cl)c1. The quantitative estimate of drug-likeness (QED) is 0.252. The van der Waals surface area contributed by atoms with Crippen LogP contribution < -0.4 is 4.74 Å². The van der Waals surface area contributed by atoms with Crippen molar-refractivity contribution in [2.45, 2.75) is 21.7 Å². The predicted molar refractivity (Wildman–Crippen MR) is 127 cm³/mol. The molecule has 4 rings (SSSR count). The molecule has 7 nitrogen and oxygen atoms in total. The third kappa shape index (κ3) is 5.47. The minimum absolute atomic E-state index is 0.0422. The summed E-state index contributed by atoms with van der Waals surface area (Å²) in [5.74, 6) is -0.635. The van der Waals surface area contributed by atoms with Gasteiger partial charge in [-0.1, -0.05) is 23.2 Å². The minimum atomic E-state index is -4.61. The summed E-state index contributed by atoms with van der Waals surface area (Å²) in [6.45, 7) is 0. The summed E-state index contributed by atoms with van der Waals surface area (Å²) in [5.41, 5.74) is -0.452. The summed E-state index contributed by atoms with van der Waals surface area (Å²) in [7, 11) is -8.53. The largest absolute Gasteiger partial charge is 0.454 e. The molecule has 0 amide bonds. The predicted octanol–water partition coefficient (Wildman–Crippen LogP) is 6.51. The Labute approximate surface area is 213 Å². The minimum Gasteiger partial charge on any atom is -0.454 e. The number of benzene rings is 3. The Morgan fingerprint density at radius 1 is 0.917 bits per heavy atom. The first-order chi connectivity index (χ1) is 16.6. The van der Waals surface area contributed by atoms with Crippen molar-refractivity contribution in [2.24, 2.45) is 0 Å². The van der Waals surface area contributed by atoms with Gasteiger partial charge < -0.3 is 9.72 Å². The van der Waals surface area contributed by atoms with Gasteiger partial charge in [0.2, 0.25) is 9.84 Å². The number of nitrogens with one attached hydrogen (secondary N) is 1. The van der Waals surface area contributed by atoms with Gasteiger partial charge in [0.1, 0.15) is 11.5 Å². The van der Waals surface area contributed by atoms with Gasteiger partial charge in [-0.15, -0.1) is 0 Å². The number of aromatic amines is 1. The fraction of sp³-hybridized carbons (Fsp3) is 0.0909. The first kappa shape index (κ1) is 26.3. The Hall–Kier alpha value is -2.77. The second-order valence-corrected chi connectivity index (χ2v) is 11.8. The second kappa shape index (κ2) is 9.27. The van der Waals surface area contributed by atoms with Gasteiger partial charge in [0, 0.05) is 17.1 Å². The van der Waals surface area contributed by atoms with Crippen LogP contribution in [0.3, 0.4) is 0 Å². The van der Waals surface area contributed by atoms with Gasteiger partial charge in [-0.25, -0.2) is 8.42 Å². The number of fused-ring (bicyclic) bond motifs is 1. The van der Waals surface area contributed by atoms with Crippen molar-refractivity contribution in [3.63, 3.8) is 0 Å². The molecule has 0 saturated carbocycles. The fourth-order valence-electron chi connectivity index (χ4n) is 3.43. The van der Waals surface area contributed by atoms with Gasteiger partial charge in [0.05, 0.1) is 25.4 Å². The van der Waals surface area contributed by atoms with E-state index in [0.29, 0.717) is 17.6 Å². The molecule has 14 heteroatoms. The first-order valence-electron chi connectivity index (χ1n) is 9.79. The summed E-state index contributed by atoms with van der Waals surface area (Å²) in [5, 5.41) is 0.0727. The maximum atomic E-state index is 13.1. The lowest BCUT2D eigenvalue weighted by Gasteiger charge is -2.12. The van der Waals surface area contributed by atoms with Crippen molar-refractivity contribution in [3.8, 4) is 11.5 Å². The third-order valence-electron chi connectivity index (χ3n) is 5.02. The molecule has 0 aliphatic carbocycles. The summed E-state index contributed by atoms with van der Waals surface area (Å²) in [6.07, 6.45) is -3.39. The number of hydrogen-bond acceptors (Lipinski definition) is 5. The van der Waals surface area contributed by atoms with Gasteiger partial charge in [0.15, 0.2) is 5.75 Å². The Morgan fingerprint density at radius 3 is 2.08 bits per heavy atom. The summed E-state index contributed by atoms with van der Waals surface area (Å²) in [6, 6.07) is 10.0. The number of rotatable bonds is 6. The Kier molecular flexibility index (Phi) is 6.77. The third-order valence-corrected chi connectivity index (χ3v) is 8.09. The van der Waals surface area contributed by atoms with Crippen molar-refractivity contribution in [3.05, 3.63) is 82.0 Å². The molecule has 0 fully saturated rings. The second-order valence-electron chi connectivity index (χ2n) is 7.60. The lowest BCUT2D eigenvalue weighted by atomic mass is 10.2. The monoisotopic (exact) mass is 579 g/mol. The highest BCUT2D eigenvalue weighted by atomic mass is 35.5. The zero-order chi connectivity index (χ0) is 26.5. The van der Waals surface area contributed by atoms with E-state index >= 15 is 0 Å². The van der Waals surface area contributed by atoms with Gasteiger partial charge in [0.25, 0.3) is 10.1 Å². The Morgan fingerprint density at radius 2 is 1.53 bits per heavy atom. The number of alkyl halides is 3. The summed E-state index contributed by atoms with van der Waals surface area (Å²) in [4.78, 5) is 2.27. The van der Waals surface area contributed by atoms with Crippen LogP contribution in [0, 0.1) is 0 Å². The maximum Gasteiger partial charge on any atom is 0.416 e. The van der Waals surface area contributed by atoms with Crippen molar-refractivity contribution >= 4 is 54.1 Å². The Bertz CT molecular complexity index is 1660. The number of H-pyrrole nitrogens is 1. The molecule has 0 aliphatic heterocycles. The van der Waals surface area contributed by atoms with Crippen LogP contribution in [0.5, 0.6) is 11.5 Å². The van der Waals surface area contributed by atoms with Crippen molar-refractivity contribution in [1.29, 1.82) is 0 Å². The molecule has 0 bridgehead atoms. The fourth-order valence-corrected chi connectivity index (χ4v) is 6.05. The molecule has 36 heavy (non-hydrogen) atoms. The molecule has 0 saturated heterocycles. The van der Waals surface area contributed by atoms with Crippen LogP contribution in [0.25, 0.3) is 10.9 Å². The lowest BCUT2D eigenvalue weighted by molar-refractivity contribution is -0.137. The van der Waals surface area contributed by atoms with Crippen molar-refractivity contribution in [1.82, 2.24) is 4.98 Å². The average Bonchev–Trinajstić information content (AvgIpc) is 3.19. The van der Waals surface area contributed by atoms with Gasteiger partial charge in [-0.05, 0) is 60.2 Å². The van der Waals surface area contributed by atoms with Crippen LogP contribution in [0.15, 0.2) is 70.6 Å². The molecule has 1 heterocycles. The number of halogens is 5. The van der Waals surface area contributed by atoms with Gasteiger partial charge in [-0.2, -0.15) is 21.6 Å². The van der Waals surface area contributed by atoms with E-state index in [0.717, 1.165) is 12.1 Å². The topological polar surface area (TPSA) is 114 Å². The van der Waals surface area contributed by atoms with E-state index in [1.54, 1.807) is 0 Å². The number of sulfone groups is 1. The lowest BCUT2D eigenvalue weighted by Crippen LogP contribution is -2.06. The van der Waals surface area contributed by atoms with E-state index < -0.39 is 37.4 Å². The average molecular weight is 580 g/mol. The highest BCUT2D eigenvalue weighted by Crippen LogP contribution is 2.39. The van der Waals surface area contributed by atoms with Crippen LogP contribution in [0.1, 0.15) is 11.1 Å². The first-order valence-corrected chi connectivity index (χ1v) is 13.6. The van der Waals surface area contributed by atoms with E-state index in [4.69, 9.17) is 32.5 Å². The van der Waals surface area contributed by atoms with E-state index in [-0.39, 0.29) is 42.3 Å². The number of ether oxygens (including phenoxy) is 1. The highest BCUT2D eigenvalue weighted by molar-refractivity contribution is 7.91. The van der Waals surface area contributed by atoms with Crippen LogP contribution in [-0.2, 0) is 31.9 Å². The van der Waals surface area contributed by atoms with Crippen molar-refractivity contribution < 1.29 is 39.3 Å². The molecule has 0 atom stereocenters. The van der Waals surface area contributed by atoms with E-state index in [1.165, 1.54) is 36.5 Å². The number of hydrogen-bond donors (Lipinski definition) is 2. The molecular formula is C22H14Cl2F3NO6S2. The molecule has 4 aromatic rings. The van der Waals surface area contributed by atoms with Crippen LogP contribution in [0.4, 0.5) is 13.2 Å². The molecule has 3 aromatic carbocycles. The molecule has 2 N–H and O–H groups in total. The zero-order valence-electron chi connectivity index (χ0n) is 17.7. The molecule has 0 aliphatic rings. The molecular weight excluding hydrogens is 566 g/mol. The smallest absolute Gasteiger partial charge is 0.416 e. The molecule has 1 aromatic heterocycles. The van der Waals surface area contributed by atoms with Crippen LogP contribution >= 0.6 is 23.2 Å². The summed E-state index contributed by atoms with van der Waals surface area (Å²) >= 11 is 12.3. The number of aromatic nitrogens is 1. The van der Waals surface area contributed by atoms with Crippen molar-refractivity contribution in [2.75, 3.05) is 0 Å².